The number of rotatable bonds is 0. The van der Waals surface area contributed by atoms with Crippen molar-refractivity contribution >= 4 is 22.1 Å². The molecule has 2 aromatic carbocycles. The van der Waals surface area contributed by atoms with Gasteiger partial charge in [-0.2, -0.15) is 0 Å². The molecule has 0 spiro atoms. The lowest BCUT2D eigenvalue weighted by molar-refractivity contribution is 0.476. The zero-order valence-electron chi connectivity index (χ0n) is 8.25. The molecule has 0 radical (unpaired) electrons. The van der Waals surface area contributed by atoms with E-state index in [4.69, 9.17) is 0 Å². The normalized spacial score (nSPS) is 11.0. The van der Waals surface area contributed by atoms with E-state index in [0.717, 1.165) is 11.0 Å². The first-order chi connectivity index (χ1) is 7.72. The van der Waals surface area contributed by atoms with Gasteiger partial charge in [0.15, 0.2) is 0 Å². The first-order valence-electron chi connectivity index (χ1n) is 4.82. The van der Waals surface area contributed by atoms with Crippen LogP contribution in [0.5, 0.6) is 11.5 Å². The van der Waals surface area contributed by atoms with Gasteiger partial charge in [0.25, 0.3) is 0 Å². The number of benzene rings is 2. The zero-order chi connectivity index (χ0) is 11.1. The standard InChI is InChI=1S/C12H8N2O2/c15-7-1-3-9-11(5-7)14-12-6-8(16)2-4-10(12)13-9/h1-6,15-16H. The van der Waals surface area contributed by atoms with Crippen LogP contribution < -0.4 is 0 Å². The highest BCUT2D eigenvalue weighted by atomic mass is 16.3. The number of aromatic hydroxyl groups is 2. The second-order valence-electron chi connectivity index (χ2n) is 3.57. The number of hydrogen-bond acceptors (Lipinski definition) is 4. The van der Waals surface area contributed by atoms with E-state index in [1.165, 1.54) is 0 Å². The van der Waals surface area contributed by atoms with Gasteiger partial charge >= 0.3 is 0 Å². The Bertz CT molecular complexity index is 638. The van der Waals surface area contributed by atoms with Crippen LogP contribution in [-0.4, -0.2) is 20.2 Å². The van der Waals surface area contributed by atoms with Crippen LogP contribution in [0.2, 0.25) is 0 Å². The molecule has 1 heterocycles. The second kappa shape index (κ2) is 3.06. The van der Waals surface area contributed by atoms with E-state index < -0.39 is 0 Å². The van der Waals surface area contributed by atoms with E-state index >= 15 is 0 Å². The highest BCUT2D eigenvalue weighted by Gasteiger charge is 2.02. The summed E-state index contributed by atoms with van der Waals surface area (Å²) in [7, 11) is 0. The molecule has 0 saturated heterocycles. The zero-order valence-corrected chi connectivity index (χ0v) is 8.25. The lowest BCUT2D eigenvalue weighted by atomic mass is 10.2. The molecule has 0 saturated carbocycles. The largest absolute Gasteiger partial charge is 0.508 e. The maximum atomic E-state index is 9.34. The average molecular weight is 212 g/mol. The van der Waals surface area contributed by atoms with E-state index in [1.807, 2.05) is 0 Å². The van der Waals surface area contributed by atoms with Crippen molar-refractivity contribution in [3.63, 3.8) is 0 Å². The minimum atomic E-state index is 0.154. The Morgan fingerprint density at radius 2 is 1.06 bits per heavy atom. The molecule has 4 heteroatoms. The van der Waals surface area contributed by atoms with Crippen LogP contribution in [0.1, 0.15) is 0 Å². The molecule has 4 nitrogen and oxygen atoms in total. The number of nitrogens with zero attached hydrogens (tertiary/aromatic N) is 2. The Labute approximate surface area is 90.8 Å². The summed E-state index contributed by atoms with van der Waals surface area (Å²) in [4.78, 5) is 8.69. The van der Waals surface area contributed by atoms with E-state index in [1.54, 1.807) is 36.4 Å². The van der Waals surface area contributed by atoms with Crippen LogP contribution in [0.3, 0.4) is 0 Å². The molecule has 78 valence electrons. The Morgan fingerprint density at radius 1 is 0.625 bits per heavy atom. The molecule has 3 rings (SSSR count). The highest BCUT2D eigenvalue weighted by molar-refractivity contribution is 5.87. The van der Waals surface area contributed by atoms with E-state index in [0.29, 0.717) is 11.0 Å². The van der Waals surface area contributed by atoms with Gasteiger partial charge in [-0.3, -0.25) is 0 Å². The Morgan fingerprint density at radius 3 is 1.56 bits per heavy atom. The molecule has 0 fully saturated rings. The summed E-state index contributed by atoms with van der Waals surface area (Å²) >= 11 is 0. The number of fused-ring (bicyclic) bond motifs is 2. The third-order valence-electron chi connectivity index (χ3n) is 2.40. The van der Waals surface area contributed by atoms with Gasteiger partial charge < -0.3 is 10.2 Å². The molecule has 0 aliphatic rings. The quantitative estimate of drug-likeness (QED) is 0.560. The fourth-order valence-corrected chi connectivity index (χ4v) is 1.65. The van der Waals surface area contributed by atoms with Gasteiger partial charge in [0, 0.05) is 12.1 Å². The molecule has 0 atom stereocenters. The van der Waals surface area contributed by atoms with Crippen LogP contribution in [0, 0.1) is 0 Å². The molecule has 16 heavy (non-hydrogen) atoms. The first-order valence-corrected chi connectivity index (χ1v) is 4.82. The van der Waals surface area contributed by atoms with Crippen molar-refractivity contribution in [2.24, 2.45) is 0 Å². The van der Waals surface area contributed by atoms with Crippen molar-refractivity contribution in [3.05, 3.63) is 36.4 Å². The van der Waals surface area contributed by atoms with Crippen molar-refractivity contribution in [2.75, 3.05) is 0 Å². The third kappa shape index (κ3) is 1.32. The molecule has 1 aromatic heterocycles. The molecule has 0 aliphatic carbocycles. The van der Waals surface area contributed by atoms with E-state index in [2.05, 4.69) is 9.97 Å². The fourth-order valence-electron chi connectivity index (χ4n) is 1.65. The lowest BCUT2D eigenvalue weighted by Gasteiger charge is -2.01. The van der Waals surface area contributed by atoms with Gasteiger partial charge in [0.1, 0.15) is 11.5 Å². The smallest absolute Gasteiger partial charge is 0.117 e. The Balaban J connectivity index is 2.44. The van der Waals surface area contributed by atoms with Crippen molar-refractivity contribution in [3.8, 4) is 11.5 Å². The average Bonchev–Trinajstić information content (AvgIpc) is 2.26. The lowest BCUT2D eigenvalue weighted by Crippen LogP contribution is -1.86. The monoisotopic (exact) mass is 212 g/mol. The predicted molar refractivity (Wildman–Crippen MR) is 60.4 cm³/mol. The van der Waals surface area contributed by atoms with E-state index in [9.17, 15) is 10.2 Å². The summed E-state index contributed by atoms with van der Waals surface area (Å²) in [6.07, 6.45) is 0. The van der Waals surface area contributed by atoms with Crippen molar-refractivity contribution in [1.82, 2.24) is 9.97 Å². The SMILES string of the molecule is Oc1ccc2nc3ccc(O)cc3nc2c1. The van der Waals surface area contributed by atoms with Crippen LogP contribution in [0.25, 0.3) is 22.1 Å². The summed E-state index contributed by atoms with van der Waals surface area (Å²) in [5.74, 6) is 0.308. The molecule has 0 bridgehead atoms. The predicted octanol–water partition coefficient (Wildman–Crippen LogP) is 2.19. The van der Waals surface area contributed by atoms with Gasteiger partial charge in [0.05, 0.1) is 22.1 Å². The summed E-state index contributed by atoms with van der Waals surface area (Å²) in [6, 6.07) is 9.66. The van der Waals surface area contributed by atoms with Gasteiger partial charge in [-0.25, -0.2) is 9.97 Å². The molecule has 3 aromatic rings. The molecular weight excluding hydrogens is 204 g/mol. The number of hydrogen-bond donors (Lipinski definition) is 2. The number of phenolic OH excluding ortho intramolecular Hbond substituents is 2. The molecule has 0 unspecified atom stereocenters. The summed E-state index contributed by atoms with van der Waals surface area (Å²) in [5, 5.41) is 18.7. The maximum absolute atomic E-state index is 9.34. The highest BCUT2D eigenvalue weighted by Crippen LogP contribution is 2.22. The molecule has 2 N–H and O–H groups in total. The van der Waals surface area contributed by atoms with Gasteiger partial charge in [-0.1, -0.05) is 0 Å². The van der Waals surface area contributed by atoms with Gasteiger partial charge in [-0.15, -0.1) is 0 Å². The summed E-state index contributed by atoms with van der Waals surface area (Å²) < 4.78 is 0. The fraction of sp³-hybridized carbons (Fsp3) is 0. The first kappa shape index (κ1) is 8.91. The molecule has 0 aliphatic heterocycles. The minimum Gasteiger partial charge on any atom is -0.508 e. The van der Waals surface area contributed by atoms with Gasteiger partial charge in [0.2, 0.25) is 0 Å². The number of aromatic nitrogens is 2. The summed E-state index contributed by atoms with van der Waals surface area (Å²) in [6.45, 7) is 0. The molecular formula is C12H8N2O2. The minimum absolute atomic E-state index is 0.154. The number of phenols is 2. The van der Waals surface area contributed by atoms with Crippen molar-refractivity contribution in [2.45, 2.75) is 0 Å². The van der Waals surface area contributed by atoms with Gasteiger partial charge in [-0.05, 0) is 24.3 Å². The maximum Gasteiger partial charge on any atom is 0.117 e. The van der Waals surface area contributed by atoms with Crippen LogP contribution >= 0.6 is 0 Å². The second-order valence-corrected chi connectivity index (χ2v) is 3.57. The topological polar surface area (TPSA) is 66.2 Å². The van der Waals surface area contributed by atoms with Crippen molar-refractivity contribution in [1.29, 1.82) is 0 Å². The third-order valence-corrected chi connectivity index (χ3v) is 2.40. The van der Waals surface area contributed by atoms with E-state index in [-0.39, 0.29) is 11.5 Å². The Hall–Kier alpha value is -2.36. The molecule has 0 amide bonds. The van der Waals surface area contributed by atoms with Crippen LogP contribution in [0.15, 0.2) is 36.4 Å². The van der Waals surface area contributed by atoms with Crippen molar-refractivity contribution < 1.29 is 10.2 Å². The van der Waals surface area contributed by atoms with Crippen LogP contribution in [-0.2, 0) is 0 Å². The van der Waals surface area contributed by atoms with Crippen LogP contribution in [0.4, 0.5) is 0 Å². The summed E-state index contributed by atoms with van der Waals surface area (Å²) in [5.41, 5.74) is 2.66. The Kier molecular flexibility index (Phi) is 1.71.